The van der Waals surface area contributed by atoms with Gasteiger partial charge in [-0.3, -0.25) is 0 Å². The standard InChI is InChI=1S/C12H15BO2S2/c1-11(2)12(3,4)15-13(14-11)9-7-17-10-8(9)5-6-16-10/h5-7H,1-4H3. The Bertz CT molecular complexity index is 540. The van der Waals surface area contributed by atoms with Gasteiger partial charge in [-0.1, -0.05) is 0 Å². The second-order valence-corrected chi connectivity index (χ2v) is 7.46. The highest BCUT2D eigenvalue weighted by Gasteiger charge is 2.52. The van der Waals surface area contributed by atoms with Crippen LogP contribution in [0.1, 0.15) is 27.7 Å². The summed E-state index contributed by atoms with van der Waals surface area (Å²) >= 11 is 3.54. The molecule has 2 nitrogen and oxygen atoms in total. The molecule has 0 radical (unpaired) electrons. The lowest BCUT2D eigenvalue weighted by atomic mass is 9.80. The van der Waals surface area contributed by atoms with Gasteiger partial charge in [-0.05, 0) is 44.5 Å². The van der Waals surface area contributed by atoms with Crippen molar-refractivity contribution in [2.45, 2.75) is 38.9 Å². The van der Waals surface area contributed by atoms with Crippen molar-refractivity contribution in [3.05, 3.63) is 16.8 Å². The van der Waals surface area contributed by atoms with Gasteiger partial charge >= 0.3 is 7.12 Å². The van der Waals surface area contributed by atoms with Crippen LogP contribution in [0, 0.1) is 0 Å². The van der Waals surface area contributed by atoms with E-state index < -0.39 is 0 Å². The zero-order chi connectivity index (χ0) is 12.3. The van der Waals surface area contributed by atoms with Crippen molar-refractivity contribution in [3.63, 3.8) is 0 Å². The van der Waals surface area contributed by atoms with E-state index in [9.17, 15) is 0 Å². The molecule has 0 spiro atoms. The summed E-state index contributed by atoms with van der Waals surface area (Å²) in [6.07, 6.45) is 0. The van der Waals surface area contributed by atoms with Crippen LogP contribution in [0.3, 0.4) is 0 Å². The van der Waals surface area contributed by atoms with E-state index in [2.05, 4.69) is 44.5 Å². The van der Waals surface area contributed by atoms with Crippen LogP contribution in [-0.2, 0) is 9.31 Å². The molecule has 5 heteroatoms. The zero-order valence-corrected chi connectivity index (χ0v) is 12.1. The summed E-state index contributed by atoms with van der Waals surface area (Å²) in [6, 6.07) is 2.15. The van der Waals surface area contributed by atoms with E-state index >= 15 is 0 Å². The van der Waals surface area contributed by atoms with Crippen molar-refractivity contribution in [2.24, 2.45) is 0 Å². The molecule has 0 atom stereocenters. The molecule has 0 saturated carbocycles. The molecule has 1 saturated heterocycles. The van der Waals surface area contributed by atoms with E-state index in [-0.39, 0.29) is 18.3 Å². The predicted octanol–water partition coefficient (Wildman–Crippen LogP) is 3.26. The van der Waals surface area contributed by atoms with Gasteiger partial charge in [0, 0.05) is 10.8 Å². The first kappa shape index (κ1) is 11.7. The Morgan fingerprint density at radius 3 is 2.35 bits per heavy atom. The van der Waals surface area contributed by atoms with Crippen molar-refractivity contribution in [2.75, 3.05) is 0 Å². The molecule has 0 aliphatic carbocycles. The molecule has 90 valence electrons. The van der Waals surface area contributed by atoms with Gasteiger partial charge in [0.05, 0.1) is 15.2 Å². The highest BCUT2D eigenvalue weighted by atomic mass is 32.2. The molecule has 0 unspecified atom stereocenters. The summed E-state index contributed by atoms with van der Waals surface area (Å²) in [7, 11) is -0.233. The lowest BCUT2D eigenvalue weighted by Crippen LogP contribution is -2.41. The average molecular weight is 266 g/mol. The van der Waals surface area contributed by atoms with Crippen molar-refractivity contribution in [3.8, 4) is 0 Å². The molecule has 0 amide bonds. The quantitative estimate of drug-likeness (QED) is 0.737. The first-order chi connectivity index (χ1) is 7.91. The van der Waals surface area contributed by atoms with Crippen LogP contribution in [0.15, 0.2) is 16.8 Å². The topological polar surface area (TPSA) is 18.5 Å². The second-order valence-electron chi connectivity index (χ2n) is 5.40. The highest BCUT2D eigenvalue weighted by molar-refractivity contribution is 7.37. The number of thiophene rings is 2. The summed E-state index contributed by atoms with van der Waals surface area (Å²) < 4.78 is 13.5. The monoisotopic (exact) mass is 266 g/mol. The van der Waals surface area contributed by atoms with Crippen molar-refractivity contribution < 1.29 is 9.31 Å². The summed E-state index contributed by atoms with van der Waals surface area (Å²) in [5.41, 5.74) is 0.647. The predicted molar refractivity (Wildman–Crippen MR) is 75.4 cm³/mol. The molecule has 1 fully saturated rings. The van der Waals surface area contributed by atoms with Gasteiger partial charge in [-0.15, -0.1) is 22.7 Å². The normalized spacial score (nSPS) is 22.5. The third kappa shape index (κ3) is 1.68. The van der Waals surface area contributed by atoms with Crippen LogP contribution in [0.2, 0.25) is 0 Å². The van der Waals surface area contributed by atoms with Crippen molar-refractivity contribution in [1.29, 1.82) is 0 Å². The van der Waals surface area contributed by atoms with Gasteiger partial charge < -0.3 is 9.31 Å². The first-order valence-electron chi connectivity index (χ1n) is 5.71. The summed E-state index contributed by atoms with van der Waals surface area (Å²) in [5, 5.41) is 5.55. The van der Waals surface area contributed by atoms with Gasteiger partial charge in [0.1, 0.15) is 0 Å². The summed E-state index contributed by atoms with van der Waals surface area (Å²) in [4.78, 5) is 0. The fourth-order valence-corrected chi connectivity index (χ4v) is 3.89. The summed E-state index contributed by atoms with van der Waals surface area (Å²) in [6.45, 7) is 8.35. The fourth-order valence-electron chi connectivity index (χ4n) is 1.93. The van der Waals surface area contributed by atoms with Crippen LogP contribution >= 0.6 is 22.7 Å². The third-order valence-corrected chi connectivity index (χ3v) is 5.83. The fraction of sp³-hybridized carbons (Fsp3) is 0.500. The molecule has 0 aromatic carbocycles. The number of rotatable bonds is 1. The molecule has 1 aliphatic heterocycles. The van der Waals surface area contributed by atoms with Crippen molar-refractivity contribution in [1.82, 2.24) is 0 Å². The maximum atomic E-state index is 6.08. The van der Waals surface area contributed by atoms with Crippen LogP contribution in [0.4, 0.5) is 0 Å². The zero-order valence-electron chi connectivity index (χ0n) is 10.4. The molecule has 2 aromatic heterocycles. The van der Waals surface area contributed by atoms with E-state index in [1.165, 1.54) is 14.9 Å². The average Bonchev–Trinajstić information content (AvgIpc) is 2.78. The van der Waals surface area contributed by atoms with Crippen molar-refractivity contribution >= 4 is 44.7 Å². The lowest BCUT2D eigenvalue weighted by Gasteiger charge is -2.32. The SMILES string of the molecule is CC1(C)OB(c2csc3sccc23)OC1(C)C. The van der Waals surface area contributed by atoms with E-state index in [0.717, 1.165) is 0 Å². The molecule has 2 aromatic rings. The van der Waals surface area contributed by atoms with Gasteiger partial charge in [-0.2, -0.15) is 0 Å². The Labute approximate surface area is 110 Å². The molecular formula is C12H15BO2S2. The minimum atomic E-state index is -0.262. The molecule has 17 heavy (non-hydrogen) atoms. The lowest BCUT2D eigenvalue weighted by molar-refractivity contribution is 0.00578. The van der Waals surface area contributed by atoms with Gasteiger partial charge in [-0.25, -0.2) is 0 Å². The smallest absolute Gasteiger partial charge is 0.399 e. The van der Waals surface area contributed by atoms with E-state index in [0.29, 0.717) is 0 Å². The maximum absolute atomic E-state index is 6.08. The van der Waals surface area contributed by atoms with Gasteiger partial charge in [0.2, 0.25) is 0 Å². The van der Waals surface area contributed by atoms with Gasteiger partial charge in [0.15, 0.2) is 0 Å². The van der Waals surface area contributed by atoms with E-state index in [1.54, 1.807) is 22.7 Å². The van der Waals surface area contributed by atoms with Gasteiger partial charge in [0.25, 0.3) is 0 Å². The Morgan fingerprint density at radius 2 is 1.71 bits per heavy atom. The van der Waals surface area contributed by atoms with E-state index in [1.807, 2.05) is 0 Å². The number of fused-ring (bicyclic) bond motifs is 1. The Kier molecular flexibility index (Phi) is 2.46. The molecular weight excluding hydrogens is 251 g/mol. The minimum absolute atomic E-state index is 0.233. The maximum Gasteiger partial charge on any atom is 0.496 e. The van der Waals surface area contributed by atoms with Crippen LogP contribution in [-0.4, -0.2) is 18.3 Å². The third-order valence-electron chi connectivity index (χ3n) is 3.74. The van der Waals surface area contributed by atoms with Crippen LogP contribution in [0.5, 0.6) is 0 Å². The Morgan fingerprint density at radius 1 is 1.06 bits per heavy atom. The first-order valence-corrected chi connectivity index (χ1v) is 7.47. The van der Waals surface area contributed by atoms with Crippen LogP contribution in [0.25, 0.3) is 9.40 Å². The molecule has 3 rings (SSSR count). The second kappa shape index (κ2) is 3.57. The largest absolute Gasteiger partial charge is 0.496 e. The van der Waals surface area contributed by atoms with Crippen LogP contribution < -0.4 is 5.46 Å². The molecule has 0 bridgehead atoms. The Balaban J connectivity index is 2.01. The number of hydrogen-bond donors (Lipinski definition) is 0. The summed E-state index contributed by atoms with van der Waals surface area (Å²) in [5.74, 6) is 0. The molecule has 3 heterocycles. The Hall–Kier alpha value is -0.355. The molecule has 1 aliphatic rings. The number of hydrogen-bond acceptors (Lipinski definition) is 4. The molecule has 0 N–H and O–H groups in total. The minimum Gasteiger partial charge on any atom is -0.399 e. The van der Waals surface area contributed by atoms with E-state index in [4.69, 9.17) is 9.31 Å². The highest BCUT2D eigenvalue weighted by Crippen LogP contribution is 2.38.